The van der Waals surface area contributed by atoms with Crippen molar-refractivity contribution in [3.05, 3.63) is 58.5 Å². The molecule has 0 aliphatic heterocycles. The summed E-state index contributed by atoms with van der Waals surface area (Å²) in [6.45, 7) is 1.65. The number of ether oxygens (including phenoxy) is 1. The zero-order valence-corrected chi connectivity index (χ0v) is 15.9. The van der Waals surface area contributed by atoms with Gasteiger partial charge in [-0.2, -0.15) is 0 Å². The molecule has 10 nitrogen and oxygen atoms in total. The topological polar surface area (TPSA) is 158 Å². The summed E-state index contributed by atoms with van der Waals surface area (Å²) in [5, 5.41) is 16.1. The molecule has 0 saturated carbocycles. The van der Waals surface area contributed by atoms with Crippen molar-refractivity contribution in [3.8, 4) is 11.4 Å². The molecule has 5 N–H and O–H groups in total. The first kappa shape index (κ1) is 19.3. The Kier molecular flexibility index (Phi) is 5.03. The van der Waals surface area contributed by atoms with Gasteiger partial charge in [-0.05, 0) is 43.3 Å². The lowest BCUT2D eigenvalue weighted by molar-refractivity contribution is 0.416. The summed E-state index contributed by atoms with van der Waals surface area (Å²) in [6.07, 6.45) is 0. The van der Waals surface area contributed by atoms with E-state index in [1.165, 1.54) is 25.3 Å². The Hall–Kier alpha value is -3.44. The molecule has 0 bridgehead atoms. The van der Waals surface area contributed by atoms with Crippen molar-refractivity contribution in [3.63, 3.8) is 0 Å². The van der Waals surface area contributed by atoms with Gasteiger partial charge < -0.3 is 10.5 Å². The highest BCUT2D eigenvalue weighted by Crippen LogP contribution is 2.31. The van der Waals surface area contributed by atoms with Crippen molar-refractivity contribution in [2.24, 2.45) is 15.4 Å². The zero-order chi connectivity index (χ0) is 20.5. The van der Waals surface area contributed by atoms with Gasteiger partial charge in [-0.3, -0.25) is 9.89 Å². The van der Waals surface area contributed by atoms with Gasteiger partial charge in [-0.1, -0.05) is 6.07 Å². The lowest BCUT2D eigenvalue weighted by atomic mass is 10.2. The van der Waals surface area contributed by atoms with E-state index in [0.29, 0.717) is 28.5 Å². The van der Waals surface area contributed by atoms with Crippen LogP contribution >= 0.6 is 0 Å². The minimum Gasteiger partial charge on any atom is -0.494 e. The van der Waals surface area contributed by atoms with Crippen molar-refractivity contribution < 1.29 is 13.2 Å². The number of anilines is 1. The van der Waals surface area contributed by atoms with Crippen LogP contribution in [0.15, 0.2) is 62.4 Å². The van der Waals surface area contributed by atoms with E-state index in [-0.39, 0.29) is 10.6 Å². The molecule has 2 aromatic carbocycles. The molecule has 0 aliphatic rings. The first-order valence-electron chi connectivity index (χ1n) is 8.01. The molecule has 1 aromatic heterocycles. The number of primary sulfonamides is 1. The third-order valence-electron chi connectivity index (χ3n) is 3.91. The summed E-state index contributed by atoms with van der Waals surface area (Å²) in [6, 6.07) is 10.5. The molecule has 0 atom stereocenters. The first-order valence-corrected chi connectivity index (χ1v) is 9.55. The largest absolute Gasteiger partial charge is 0.494 e. The summed E-state index contributed by atoms with van der Waals surface area (Å²) in [5.74, 6) is 0.451. The molecule has 0 radical (unpaired) electrons. The average Bonchev–Trinajstić information content (AvgIpc) is 2.93. The number of azo groups is 1. The Morgan fingerprint density at radius 3 is 2.57 bits per heavy atom. The number of aromatic nitrogens is 2. The molecule has 11 heteroatoms. The maximum Gasteiger partial charge on any atom is 0.299 e. The number of hydrogen-bond acceptors (Lipinski definition) is 7. The van der Waals surface area contributed by atoms with Gasteiger partial charge in [0.05, 0.1) is 23.4 Å². The van der Waals surface area contributed by atoms with Crippen molar-refractivity contribution in [2.45, 2.75) is 11.8 Å². The van der Waals surface area contributed by atoms with Crippen molar-refractivity contribution in [2.75, 3.05) is 12.8 Å². The second kappa shape index (κ2) is 7.29. The van der Waals surface area contributed by atoms with Crippen LogP contribution in [0.1, 0.15) is 5.69 Å². The number of sulfonamides is 1. The van der Waals surface area contributed by atoms with E-state index in [1.54, 1.807) is 31.2 Å². The molecule has 0 fully saturated rings. The van der Waals surface area contributed by atoms with E-state index in [4.69, 9.17) is 15.6 Å². The van der Waals surface area contributed by atoms with Crippen LogP contribution in [-0.2, 0) is 10.0 Å². The standard InChI is InChI=1S/C17H18N6O4S/c1-10-16(21-20-14-8-11(18)6-7-15(14)27-2)17(24)23(22-10)12-4-3-5-13(9-12)28(19,25)26/h3-9,22H,18H2,1-2H3,(H2,19,25,26). The van der Waals surface area contributed by atoms with Crippen LogP contribution in [0.3, 0.4) is 0 Å². The molecule has 1 heterocycles. The molecule has 28 heavy (non-hydrogen) atoms. The molecule has 0 spiro atoms. The van der Waals surface area contributed by atoms with Crippen LogP contribution in [-0.4, -0.2) is 25.3 Å². The molecule has 0 aliphatic carbocycles. The van der Waals surface area contributed by atoms with Crippen LogP contribution in [0.2, 0.25) is 0 Å². The number of aromatic amines is 1. The molecule has 3 rings (SSSR count). The third kappa shape index (κ3) is 3.80. The van der Waals surface area contributed by atoms with E-state index in [1.807, 2.05) is 0 Å². The lowest BCUT2D eigenvalue weighted by Crippen LogP contribution is -2.16. The number of nitrogens with one attached hydrogen (secondary N) is 1. The van der Waals surface area contributed by atoms with Gasteiger partial charge in [0.25, 0.3) is 5.56 Å². The quantitative estimate of drug-likeness (QED) is 0.440. The minimum absolute atomic E-state index is 0.0606. The number of nitrogens with zero attached hydrogens (tertiary/aromatic N) is 3. The second-order valence-corrected chi connectivity index (χ2v) is 7.46. The Balaban J connectivity index is 2.05. The molecule has 146 valence electrons. The number of aryl methyl sites for hydroxylation is 1. The highest BCUT2D eigenvalue weighted by Gasteiger charge is 2.15. The van der Waals surface area contributed by atoms with Gasteiger partial charge in [0.15, 0.2) is 5.69 Å². The molecular formula is C17H18N6O4S. The number of H-pyrrole nitrogens is 1. The van der Waals surface area contributed by atoms with Crippen LogP contribution < -0.4 is 21.2 Å². The highest BCUT2D eigenvalue weighted by molar-refractivity contribution is 7.89. The van der Waals surface area contributed by atoms with Crippen LogP contribution in [0, 0.1) is 6.92 Å². The number of nitrogen functional groups attached to an aromatic ring is 1. The summed E-state index contributed by atoms with van der Waals surface area (Å²) < 4.78 is 29.5. The summed E-state index contributed by atoms with van der Waals surface area (Å²) in [7, 11) is -2.42. The molecule has 0 amide bonds. The number of benzene rings is 2. The molecule has 0 unspecified atom stereocenters. The van der Waals surface area contributed by atoms with Crippen molar-refractivity contribution in [1.29, 1.82) is 0 Å². The van der Waals surface area contributed by atoms with Crippen LogP contribution in [0.25, 0.3) is 5.69 Å². The summed E-state index contributed by atoms with van der Waals surface area (Å²) in [5.41, 5.74) is 6.88. The maximum absolute atomic E-state index is 12.7. The fourth-order valence-corrected chi connectivity index (χ4v) is 3.08. The Morgan fingerprint density at radius 2 is 1.89 bits per heavy atom. The Labute approximate surface area is 160 Å². The molecule has 3 aromatic rings. The maximum atomic E-state index is 12.7. The monoisotopic (exact) mass is 402 g/mol. The van der Waals surface area contributed by atoms with Crippen molar-refractivity contribution >= 4 is 27.1 Å². The van der Waals surface area contributed by atoms with Crippen LogP contribution in [0.5, 0.6) is 5.75 Å². The number of rotatable bonds is 5. The van der Waals surface area contributed by atoms with Crippen molar-refractivity contribution in [1.82, 2.24) is 9.78 Å². The average molecular weight is 402 g/mol. The van der Waals surface area contributed by atoms with E-state index in [0.717, 1.165) is 4.68 Å². The van der Waals surface area contributed by atoms with Gasteiger partial charge in [0.2, 0.25) is 10.0 Å². The van der Waals surface area contributed by atoms with Gasteiger partial charge >= 0.3 is 0 Å². The number of methoxy groups -OCH3 is 1. The fraction of sp³-hybridized carbons (Fsp3) is 0.118. The molecular weight excluding hydrogens is 384 g/mol. The Morgan fingerprint density at radius 1 is 1.14 bits per heavy atom. The zero-order valence-electron chi connectivity index (χ0n) is 15.1. The highest BCUT2D eigenvalue weighted by atomic mass is 32.2. The fourth-order valence-electron chi connectivity index (χ4n) is 2.53. The predicted octanol–water partition coefficient (Wildman–Crippen LogP) is 2.13. The van der Waals surface area contributed by atoms with Crippen LogP contribution in [0.4, 0.5) is 17.1 Å². The Bertz CT molecular complexity index is 1230. The third-order valence-corrected chi connectivity index (χ3v) is 4.82. The van der Waals surface area contributed by atoms with Gasteiger partial charge in [0, 0.05) is 5.69 Å². The van der Waals surface area contributed by atoms with Gasteiger partial charge in [-0.25, -0.2) is 18.2 Å². The second-order valence-electron chi connectivity index (χ2n) is 5.90. The summed E-state index contributed by atoms with van der Waals surface area (Å²) in [4.78, 5) is 12.6. The minimum atomic E-state index is -3.90. The number of hydrogen-bond donors (Lipinski definition) is 3. The predicted molar refractivity (Wildman–Crippen MR) is 104 cm³/mol. The van der Waals surface area contributed by atoms with E-state index >= 15 is 0 Å². The lowest BCUT2D eigenvalue weighted by Gasteiger charge is -2.04. The van der Waals surface area contributed by atoms with E-state index < -0.39 is 15.6 Å². The SMILES string of the molecule is COc1ccc(N)cc1N=Nc1c(C)[nH]n(-c2cccc(S(N)(=O)=O)c2)c1=O. The first-order chi connectivity index (χ1) is 13.2. The van der Waals surface area contributed by atoms with Gasteiger partial charge in [0.1, 0.15) is 11.4 Å². The van der Waals surface area contributed by atoms with E-state index in [2.05, 4.69) is 15.3 Å². The summed E-state index contributed by atoms with van der Waals surface area (Å²) >= 11 is 0. The smallest absolute Gasteiger partial charge is 0.299 e. The van der Waals surface area contributed by atoms with Gasteiger partial charge in [-0.15, -0.1) is 10.2 Å². The molecule has 0 saturated heterocycles. The normalized spacial score (nSPS) is 11.8. The van der Waals surface area contributed by atoms with E-state index in [9.17, 15) is 13.2 Å². The number of nitrogens with two attached hydrogens (primary N) is 2.